The Bertz CT molecular complexity index is 1000. The zero-order chi connectivity index (χ0) is 19.3. The Hall–Kier alpha value is -2.77. The molecule has 0 aromatic heterocycles. The van der Waals surface area contributed by atoms with E-state index < -0.39 is 15.8 Å². The summed E-state index contributed by atoms with van der Waals surface area (Å²) in [5, 5.41) is 0. The van der Waals surface area contributed by atoms with E-state index in [1.165, 1.54) is 24.3 Å². The molecule has 3 aromatic carbocycles. The number of ether oxygens (including phenoxy) is 1. The molecule has 0 saturated heterocycles. The van der Waals surface area contributed by atoms with Crippen molar-refractivity contribution in [1.29, 1.82) is 0 Å². The number of halogens is 2. The van der Waals surface area contributed by atoms with Gasteiger partial charge in [0, 0.05) is 5.69 Å². The highest BCUT2D eigenvalue weighted by molar-refractivity contribution is 7.92. The number of anilines is 1. The van der Waals surface area contributed by atoms with Crippen LogP contribution in [0.2, 0.25) is 0 Å². The lowest BCUT2D eigenvalue weighted by Crippen LogP contribution is -2.13. The van der Waals surface area contributed by atoms with Gasteiger partial charge in [0.1, 0.15) is 11.6 Å². The molecular weight excluding hydrogens is 372 g/mol. The fraction of sp³-hybridized carbons (Fsp3) is 0.100. The highest BCUT2D eigenvalue weighted by Gasteiger charge is 2.14. The summed E-state index contributed by atoms with van der Waals surface area (Å²) in [5.74, 6) is -0.811. The van der Waals surface area contributed by atoms with Crippen LogP contribution >= 0.6 is 0 Å². The van der Waals surface area contributed by atoms with E-state index in [1.54, 1.807) is 36.4 Å². The first-order valence-corrected chi connectivity index (χ1v) is 9.60. The molecule has 0 atom stereocenters. The van der Waals surface area contributed by atoms with Crippen LogP contribution in [0.3, 0.4) is 0 Å². The molecule has 0 aliphatic heterocycles. The maximum atomic E-state index is 13.0. The van der Waals surface area contributed by atoms with Gasteiger partial charge in [-0.25, -0.2) is 17.2 Å². The Labute approximate surface area is 156 Å². The summed E-state index contributed by atoms with van der Waals surface area (Å²) in [5.41, 5.74) is 1.99. The summed E-state index contributed by atoms with van der Waals surface area (Å²) in [6.45, 7) is 0.579. The Morgan fingerprint density at radius 3 is 2.04 bits per heavy atom. The highest BCUT2D eigenvalue weighted by atomic mass is 32.2. The second-order valence-electron chi connectivity index (χ2n) is 5.88. The third-order valence-corrected chi connectivity index (χ3v) is 5.15. The maximum Gasteiger partial charge on any atom is 0.261 e. The molecule has 0 heterocycles. The van der Waals surface area contributed by atoms with E-state index >= 15 is 0 Å². The van der Waals surface area contributed by atoms with Crippen LogP contribution in [0.5, 0.6) is 0 Å². The fourth-order valence-corrected chi connectivity index (χ4v) is 3.47. The van der Waals surface area contributed by atoms with Crippen molar-refractivity contribution in [3.63, 3.8) is 0 Å². The first kappa shape index (κ1) is 19.0. The summed E-state index contributed by atoms with van der Waals surface area (Å²) in [6.07, 6.45) is 0. The van der Waals surface area contributed by atoms with Crippen LogP contribution in [0.4, 0.5) is 14.5 Å². The number of hydrogen-bond acceptors (Lipinski definition) is 3. The molecule has 0 radical (unpaired) electrons. The molecular formula is C20H17F2NO3S. The minimum Gasteiger partial charge on any atom is -0.372 e. The number of nitrogens with one attached hydrogen (secondary N) is 1. The molecule has 0 aliphatic carbocycles. The molecule has 7 heteroatoms. The largest absolute Gasteiger partial charge is 0.372 e. The Morgan fingerprint density at radius 1 is 0.778 bits per heavy atom. The minimum absolute atomic E-state index is 0.0261. The van der Waals surface area contributed by atoms with E-state index in [0.717, 1.165) is 23.3 Å². The van der Waals surface area contributed by atoms with Crippen molar-refractivity contribution >= 4 is 15.7 Å². The molecule has 4 nitrogen and oxygen atoms in total. The van der Waals surface area contributed by atoms with Gasteiger partial charge in [-0.3, -0.25) is 4.72 Å². The molecule has 3 aromatic rings. The van der Waals surface area contributed by atoms with Gasteiger partial charge in [0.2, 0.25) is 0 Å². The monoisotopic (exact) mass is 389 g/mol. The van der Waals surface area contributed by atoms with Crippen LogP contribution in [-0.2, 0) is 28.0 Å². The lowest BCUT2D eigenvalue weighted by Gasteiger charge is -2.10. The fourth-order valence-electron chi connectivity index (χ4n) is 2.42. The van der Waals surface area contributed by atoms with Gasteiger partial charge >= 0.3 is 0 Å². The Balaban J connectivity index is 1.63. The smallest absolute Gasteiger partial charge is 0.261 e. The van der Waals surface area contributed by atoms with Crippen LogP contribution < -0.4 is 4.72 Å². The van der Waals surface area contributed by atoms with E-state index in [1.807, 2.05) is 0 Å². The molecule has 1 N–H and O–H groups in total. The summed E-state index contributed by atoms with van der Waals surface area (Å²) in [7, 11) is -3.81. The van der Waals surface area contributed by atoms with Crippen LogP contribution in [0.1, 0.15) is 11.1 Å². The van der Waals surface area contributed by atoms with Gasteiger partial charge in [-0.2, -0.15) is 0 Å². The summed E-state index contributed by atoms with van der Waals surface area (Å²) >= 11 is 0. The first-order chi connectivity index (χ1) is 12.9. The van der Waals surface area contributed by atoms with Gasteiger partial charge in [-0.15, -0.1) is 0 Å². The second-order valence-corrected chi connectivity index (χ2v) is 7.56. The second kappa shape index (κ2) is 8.28. The van der Waals surface area contributed by atoms with E-state index in [0.29, 0.717) is 12.3 Å². The molecule has 0 amide bonds. The van der Waals surface area contributed by atoms with Gasteiger partial charge in [-0.05, 0) is 59.7 Å². The van der Waals surface area contributed by atoms with Gasteiger partial charge in [0.25, 0.3) is 10.0 Å². The lowest BCUT2D eigenvalue weighted by atomic mass is 10.2. The summed E-state index contributed by atoms with van der Waals surface area (Å²) in [6, 6.07) is 17.4. The third kappa shape index (κ3) is 5.35. The molecule has 3 rings (SSSR count). The van der Waals surface area contributed by atoms with Crippen molar-refractivity contribution in [3.8, 4) is 0 Å². The molecule has 140 valence electrons. The molecule has 27 heavy (non-hydrogen) atoms. The summed E-state index contributed by atoms with van der Waals surface area (Å²) in [4.78, 5) is -0.0261. The minimum atomic E-state index is -3.81. The molecule has 0 fully saturated rings. The zero-order valence-corrected chi connectivity index (χ0v) is 15.0. The van der Waals surface area contributed by atoms with Crippen LogP contribution in [-0.4, -0.2) is 8.42 Å². The highest BCUT2D eigenvalue weighted by Crippen LogP contribution is 2.18. The Morgan fingerprint density at radius 2 is 1.37 bits per heavy atom. The van der Waals surface area contributed by atoms with Gasteiger partial charge in [-0.1, -0.05) is 24.3 Å². The average Bonchev–Trinajstić information content (AvgIpc) is 2.64. The number of rotatable bonds is 7. The molecule has 0 aliphatic rings. The van der Waals surface area contributed by atoms with Gasteiger partial charge < -0.3 is 4.74 Å². The van der Waals surface area contributed by atoms with E-state index in [4.69, 9.17) is 4.74 Å². The number of benzene rings is 3. The quantitative estimate of drug-likeness (QED) is 0.648. The number of sulfonamides is 1. The van der Waals surface area contributed by atoms with Crippen molar-refractivity contribution in [2.75, 3.05) is 4.72 Å². The van der Waals surface area contributed by atoms with Crippen LogP contribution in [0.15, 0.2) is 77.7 Å². The van der Waals surface area contributed by atoms with E-state index in [9.17, 15) is 17.2 Å². The Kier molecular flexibility index (Phi) is 5.83. The summed E-state index contributed by atoms with van der Waals surface area (Å²) < 4.78 is 58.6. The van der Waals surface area contributed by atoms with Crippen molar-refractivity contribution in [3.05, 3.63) is 95.6 Å². The van der Waals surface area contributed by atoms with Crippen molar-refractivity contribution < 1.29 is 21.9 Å². The van der Waals surface area contributed by atoms with Crippen LogP contribution in [0, 0.1) is 11.6 Å². The number of hydrogen-bond donors (Lipinski definition) is 1. The maximum absolute atomic E-state index is 13.0. The first-order valence-electron chi connectivity index (χ1n) is 8.12. The third-order valence-electron chi connectivity index (χ3n) is 3.75. The predicted octanol–water partition coefficient (Wildman–Crippen LogP) is 4.48. The van der Waals surface area contributed by atoms with Gasteiger partial charge in [0.15, 0.2) is 0 Å². The normalized spacial score (nSPS) is 11.3. The van der Waals surface area contributed by atoms with Gasteiger partial charge in [0.05, 0.1) is 18.1 Å². The van der Waals surface area contributed by atoms with E-state index in [2.05, 4.69) is 4.72 Å². The molecule has 0 saturated carbocycles. The van der Waals surface area contributed by atoms with Crippen molar-refractivity contribution in [2.45, 2.75) is 18.1 Å². The van der Waals surface area contributed by atoms with Crippen molar-refractivity contribution in [2.24, 2.45) is 0 Å². The topological polar surface area (TPSA) is 55.4 Å². The van der Waals surface area contributed by atoms with Crippen molar-refractivity contribution in [1.82, 2.24) is 0 Å². The SMILES string of the molecule is O=S(=O)(Nc1cccc(COCc2ccc(F)cc2)c1)c1ccc(F)cc1. The average molecular weight is 389 g/mol. The molecule has 0 unspecified atom stereocenters. The standard InChI is InChI=1S/C20H17F2NO3S/c21-17-6-4-15(5-7-17)13-26-14-16-2-1-3-19(12-16)23-27(24,25)20-10-8-18(22)9-11-20/h1-12,23H,13-14H2. The molecule has 0 bridgehead atoms. The molecule has 0 spiro atoms. The predicted molar refractivity (Wildman–Crippen MR) is 98.5 cm³/mol. The lowest BCUT2D eigenvalue weighted by molar-refractivity contribution is 0.107. The zero-order valence-electron chi connectivity index (χ0n) is 14.2. The van der Waals surface area contributed by atoms with E-state index in [-0.39, 0.29) is 17.3 Å². The van der Waals surface area contributed by atoms with Crippen LogP contribution in [0.25, 0.3) is 0 Å².